The zero-order valence-corrected chi connectivity index (χ0v) is 16.2. The zero-order chi connectivity index (χ0) is 20.1. The van der Waals surface area contributed by atoms with Gasteiger partial charge in [-0.1, -0.05) is 44.2 Å². The van der Waals surface area contributed by atoms with Crippen LogP contribution in [0.2, 0.25) is 0 Å². The maximum atomic E-state index is 12.3. The summed E-state index contributed by atoms with van der Waals surface area (Å²) in [5.41, 5.74) is 2.12. The van der Waals surface area contributed by atoms with Crippen LogP contribution in [0, 0.1) is 5.92 Å². The van der Waals surface area contributed by atoms with Gasteiger partial charge in [-0.3, -0.25) is 9.59 Å². The quantitative estimate of drug-likeness (QED) is 0.805. The van der Waals surface area contributed by atoms with Crippen molar-refractivity contribution in [1.29, 1.82) is 0 Å². The first-order valence-corrected chi connectivity index (χ1v) is 9.48. The summed E-state index contributed by atoms with van der Waals surface area (Å²) in [5.74, 6) is 0.0206. The molecule has 0 spiro atoms. The number of anilines is 1. The van der Waals surface area contributed by atoms with E-state index in [4.69, 9.17) is 4.74 Å². The predicted molar refractivity (Wildman–Crippen MR) is 107 cm³/mol. The van der Waals surface area contributed by atoms with Crippen LogP contribution in [-0.4, -0.2) is 47.6 Å². The highest BCUT2D eigenvalue weighted by atomic mass is 16.5. The van der Waals surface area contributed by atoms with Gasteiger partial charge < -0.3 is 20.1 Å². The normalized spacial score (nSPS) is 19.7. The lowest BCUT2D eigenvalue weighted by Gasteiger charge is -2.41. The van der Waals surface area contributed by atoms with E-state index in [-0.39, 0.29) is 25.0 Å². The lowest BCUT2D eigenvalue weighted by atomic mass is 9.98. The number of carbonyl (C=O) groups excluding carboxylic acids is 2. The molecule has 1 aliphatic heterocycles. The van der Waals surface area contributed by atoms with Crippen molar-refractivity contribution in [2.75, 3.05) is 25.1 Å². The second-order valence-corrected chi connectivity index (χ2v) is 7.36. The fourth-order valence-electron chi connectivity index (χ4n) is 3.40. The molecule has 2 unspecified atom stereocenters. The molecule has 0 saturated carbocycles. The van der Waals surface area contributed by atoms with Crippen molar-refractivity contribution < 1.29 is 19.4 Å². The number of amides is 2. The van der Waals surface area contributed by atoms with Crippen molar-refractivity contribution in [2.24, 2.45) is 5.92 Å². The minimum atomic E-state index is -0.423. The molecule has 148 valence electrons. The Bertz CT molecular complexity index is 805. The van der Waals surface area contributed by atoms with Crippen LogP contribution in [-0.2, 0) is 9.53 Å². The van der Waals surface area contributed by atoms with Crippen LogP contribution in [0.25, 0.3) is 0 Å². The number of ether oxygens (including phenoxy) is 1. The molecule has 1 aliphatic rings. The monoisotopic (exact) mass is 382 g/mol. The molecule has 0 aromatic heterocycles. The van der Waals surface area contributed by atoms with Crippen molar-refractivity contribution in [3.8, 4) is 0 Å². The predicted octanol–water partition coefficient (Wildman–Crippen LogP) is 2.86. The van der Waals surface area contributed by atoms with Gasteiger partial charge in [-0.05, 0) is 35.7 Å². The summed E-state index contributed by atoms with van der Waals surface area (Å²) < 4.78 is 5.74. The molecule has 6 heteroatoms. The van der Waals surface area contributed by atoms with E-state index in [1.165, 1.54) is 0 Å². The average Bonchev–Trinajstić information content (AvgIpc) is 2.70. The first-order chi connectivity index (χ1) is 13.5. The summed E-state index contributed by atoms with van der Waals surface area (Å²) in [6, 6.07) is 15.9. The van der Waals surface area contributed by atoms with Crippen LogP contribution in [0.1, 0.15) is 35.9 Å². The van der Waals surface area contributed by atoms with Gasteiger partial charge in [-0.15, -0.1) is 0 Å². The van der Waals surface area contributed by atoms with E-state index >= 15 is 0 Å². The molecule has 2 aromatic rings. The number of hydrogen-bond acceptors (Lipinski definition) is 4. The van der Waals surface area contributed by atoms with E-state index in [9.17, 15) is 14.7 Å². The molecule has 0 radical (unpaired) electrons. The summed E-state index contributed by atoms with van der Waals surface area (Å²) in [4.78, 5) is 26.2. The molecule has 2 atom stereocenters. The highest BCUT2D eigenvalue weighted by molar-refractivity contribution is 6.04. The summed E-state index contributed by atoms with van der Waals surface area (Å²) >= 11 is 0. The molecule has 28 heavy (non-hydrogen) atoms. The van der Waals surface area contributed by atoms with Crippen molar-refractivity contribution in [1.82, 2.24) is 4.90 Å². The third kappa shape index (κ3) is 4.58. The van der Waals surface area contributed by atoms with Crippen molar-refractivity contribution in [3.63, 3.8) is 0 Å². The van der Waals surface area contributed by atoms with Crippen LogP contribution >= 0.6 is 0 Å². The minimum absolute atomic E-state index is 0.000378. The molecule has 3 rings (SSSR count). The zero-order valence-electron chi connectivity index (χ0n) is 16.2. The van der Waals surface area contributed by atoms with Crippen LogP contribution < -0.4 is 5.32 Å². The average molecular weight is 382 g/mol. The second-order valence-electron chi connectivity index (χ2n) is 7.36. The fourth-order valence-corrected chi connectivity index (χ4v) is 3.40. The molecule has 2 aromatic carbocycles. The highest BCUT2D eigenvalue weighted by Gasteiger charge is 2.37. The number of hydrogen-bond donors (Lipinski definition) is 2. The Morgan fingerprint density at radius 3 is 2.46 bits per heavy atom. The van der Waals surface area contributed by atoms with Gasteiger partial charge in [0.2, 0.25) is 5.91 Å². The smallest absolute Gasteiger partial charge is 0.255 e. The summed E-state index contributed by atoms with van der Waals surface area (Å²) in [6.07, 6.45) is -0.402. The van der Waals surface area contributed by atoms with Crippen LogP contribution in [0.5, 0.6) is 0 Å². The number of morpholine rings is 1. The van der Waals surface area contributed by atoms with E-state index in [1.54, 1.807) is 29.2 Å². The van der Waals surface area contributed by atoms with Crippen molar-refractivity contribution in [2.45, 2.75) is 26.0 Å². The van der Waals surface area contributed by atoms with Crippen LogP contribution in [0.4, 0.5) is 5.69 Å². The molecule has 2 N–H and O–H groups in total. The van der Waals surface area contributed by atoms with Gasteiger partial charge in [0, 0.05) is 17.8 Å². The topological polar surface area (TPSA) is 78.9 Å². The van der Waals surface area contributed by atoms with E-state index in [1.807, 2.05) is 44.2 Å². The Morgan fingerprint density at radius 2 is 1.86 bits per heavy atom. The molecule has 0 aliphatic carbocycles. The van der Waals surface area contributed by atoms with Crippen molar-refractivity contribution >= 4 is 17.5 Å². The Morgan fingerprint density at radius 1 is 1.18 bits per heavy atom. The number of aliphatic hydroxyl groups excluding tert-OH is 1. The van der Waals surface area contributed by atoms with Gasteiger partial charge in [0.15, 0.2) is 0 Å². The maximum absolute atomic E-state index is 12.3. The molecular formula is C22H26N2O4. The minimum Gasteiger partial charge on any atom is -0.394 e. The summed E-state index contributed by atoms with van der Waals surface area (Å²) in [7, 11) is 0. The number of carbonyl (C=O) groups is 2. The molecule has 1 fully saturated rings. The molecule has 0 bridgehead atoms. The highest BCUT2D eigenvalue weighted by Crippen LogP contribution is 2.30. The third-order valence-electron chi connectivity index (χ3n) is 4.74. The summed E-state index contributed by atoms with van der Waals surface area (Å²) in [5, 5.41) is 12.8. The first-order valence-electron chi connectivity index (χ1n) is 9.48. The number of rotatable bonds is 6. The second kappa shape index (κ2) is 8.99. The van der Waals surface area contributed by atoms with Crippen molar-refractivity contribution in [3.05, 3.63) is 65.7 Å². The number of aliphatic hydroxyl groups is 1. The number of nitrogens with zero attached hydrogens (tertiary/aromatic N) is 1. The molecule has 1 heterocycles. The van der Waals surface area contributed by atoms with Gasteiger partial charge in [-0.2, -0.15) is 0 Å². The fraction of sp³-hybridized carbons (Fsp3) is 0.364. The Labute approximate surface area is 165 Å². The lowest BCUT2D eigenvalue weighted by Crippen LogP contribution is -2.53. The molecule has 2 amide bonds. The number of benzene rings is 2. The van der Waals surface area contributed by atoms with E-state index in [0.29, 0.717) is 23.7 Å². The van der Waals surface area contributed by atoms with Gasteiger partial charge in [-0.25, -0.2) is 0 Å². The third-order valence-corrected chi connectivity index (χ3v) is 4.74. The first kappa shape index (κ1) is 20.0. The molecular weight excluding hydrogens is 356 g/mol. The standard InChI is InChI=1S/C22H26N2O4/c1-15(2)12-24-19(13-25)21(28-14-20(24)26)16-8-10-18(11-9-16)23-22(27)17-6-4-3-5-7-17/h3-11,15,19,21,25H,12-14H2,1-2H3,(H,23,27). The van der Waals surface area contributed by atoms with E-state index in [0.717, 1.165) is 5.56 Å². The lowest BCUT2D eigenvalue weighted by molar-refractivity contribution is -0.161. The Kier molecular flexibility index (Phi) is 6.44. The van der Waals surface area contributed by atoms with Gasteiger partial charge >= 0.3 is 0 Å². The van der Waals surface area contributed by atoms with E-state index < -0.39 is 12.1 Å². The Hall–Kier alpha value is -2.70. The SMILES string of the molecule is CC(C)CN1C(=O)COC(c2ccc(NC(=O)c3ccccc3)cc2)C1CO. The van der Waals surface area contributed by atoms with E-state index in [2.05, 4.69) is 5.32 Å². The van der Waals surface area contributed by atoms with Crippen LogP contribution in [0.15, 0.2) is 54.6 Å². The van der Waals surface area contributed by atoms with Gasteiger partial charge in [0.25, 0.3) is 5.91 Å². The largest absolute Gasteiger partial charge is 0.394 e. The molecule has 1 saturated heterocycles. The summed E-state index contributed by atoms with van der Waals surface area (Å²) in [6.45, 7) is 4.48. The van der Waals surface area contributed by atoms with Crippen LogP contribution in [0.3, 0.4) is 0 Å². The van der Waals surface area contributed by atoms with Gasteiger partial charge in [0.05, 0.1) is 12.6 Å². The molecule has 6 nitrogen and oxygen atoms in total. The Balaban J connectivity index is 1.73. The number of nitrogens with one attached hydrogen (secondary N) is 1. The van der Waals surface area contributed by atoms with Gasteiger partial charge in [0.1, 0.15) is 12.7 Å². The maximum Gasteiger partial charge on any atom is 0.255 e.